The molecule has 0 atom stereocenters. The Morgan fingerprint density at radius 3 is 2.04 bits per heavy atom. The fourth-order valence-corrected chi connectivity index (χ4v) is 3.59. The number of hydrogen-bond acceptors (Lipinski definition) is 5. The largest absolute Gasteiger partial charge is 0.367 e. The molecule has 142 valence electrons. The van der Waals surface area contributed by atoms with Crippen molar-refractivity contribution in [2.24, 2.45) is 0 Å². The standard InChI is InChI=1S/C22H23N5O/c1-16-5-3-6-17(2)21(16)25-20(28)15-26-9-11-27(12-10-26)22-18(13-23)7-4-8-19(22)14-24/h3-8H,9-12,15H2,1-2H3,(H,25,28). The topological polar surface area (TPSA) is 83.2 Å². The molecule has 1 fully saturated rings. The summed E-state index contributed by atoms with van der Waals surface area (Å²) in [7, 11) is 0. The molecule has 6 nitrogen and oxygen atoms in total. The lowest BCUT2D eigenvalue weighted by Gasteiger charge is -2.36. The summed E-state index contributed by atoms with van der Waals surface area (Å²) in [6, 6.07) is 15.5. The third-order valence-electron chi connectivity index (χ3n) is 5.08. The number of benzene rings is 2. The zero-order chi connectivity index (χ0) is 20.1. The van der Waals surface area contributed by atoms with E-state index in [2.05, 4.69) is 27.3 Å². The first-order valence-electron chi connectivity index (χ1n) is 9.30. The van der Waals surface area contributed by atoms with E-state index in [1.165, 1.54) is 0 Å². The van der Waals surface area contributed by atoms with Gasteiger partial charge >= 0.3 is 0 Å². The molecule has 0 aromatic heterocycles. The van der Waals surface area contributed by atoms with Crippen LogP contribution in [0.1, 0.15) is 22.3 Å². The number of carbonyl (C=O) groups is 1. The van der Waals surface area contributed by atoms with Crippen molar-refractivity contribution in [3.63, 3.8) is 0 Å². The minimum atomic E-state index is -0.0269. The summed E-state index contributed by atoms with van der Waals surface area (Å²) in [5.41, 5.74) is 4.71. The van der Waals surface area contributed by atoms with Gasteiger partial charge in [0.2, 0.25) is 5.91 Å². The number of amides is 1. The summed E-state index contributed by atoms with van der Waals surface area (Å²) in [5.74, 6) is -0.0269. The highest BCUT2D eigenvalue weighted by Crippen LogP contribution is 2.26. The zero-order valence-corrected chi connectivity index (χ0v) is 16.2. The van der Waals surface area contributed by atoms with Crippen molar-refractivity contribution in [3.8, 4) is 12.1 Å². The van der Waals surface area contributed by atoms with E-state index in [1.807, 2.05) is 32.0 Å². The highest BCUT2D eigenvalue weighted by atomic mass is 16.2. The van der Waals surface area contributed by atoms with Crippen LogP contribution in [0.5, 0.6) is 0 Å². The molecule has 2 aromatic carbocycles. The Balaban J connectivity index is 1.62. The predicted octanol–water partition coefficient (Wildman–Crippen LogP) is 2.81. The number of nitrogens with zero attached hydrogens (tertiary/aromatic N) is 4. The molecule has 0 radical (unpaired) electrons. The molecule has 0 saturated carbocycles. The van der Waals surface area contributed by atoms with Crippen LogP contribution in [0.15, 0.2) is 36.4 Å². The molecule has 0 spiro atoms. The van der Waals surface area contributed by atoms with Gasteiger partial charge in [-0.3, -0.25) is 9.69 Å². The minimum Gasteiger partial charge on any atom is -0.367 e. The van der Waals surface area contributed by atoms with Gasteiger partial charge in [-0.2, -0.15) is 10.5 Å². The Kier molecular flexibility index (Phi) is 5.93. The number of aryl methyl sites for hydroxylation is 2. The fraction of sp³-hybridized carbons (Fsp3) is 0.318. The molecule has 2 aromatic rings. The normalized spacial score (nSPS) is 14.2. The number of carbonyl (C=O) groups excluding carboxylic acids is 1. The molecule has 0 bridgehead atoms. The number of nitriles is 2. The number of piperazine rings is 1. The molecule has 0 aliphatic carbocycles. The average molecular weight is 373 g/mol. The first-order chi connectivity index (χ1) is 13.5. The molecule has 3 rings (SSSR count). The van der Waals surface area contributed by atoms with E-state index in [9.17, 15) is 15.3 Å². The first-order valence-corrected chi connectivity index (χ1v) is 9.30. The van der Waals surface area contributed by atoms with Gasteiger partial charge in [-0.25, -0.2) is 0 Å². The van der Waals surface area contributed by atoms with Gasteiger partial charge in [0.05, 0.1) is 23.4 Å². The Morgan fingerprint density at radius 2 is 1.50 bits per heavy atom. The highest BCUT2D eigenvalue weighted by molar-refractivity contribution is 5.93. The van der Waals surface area contributed by atoms with E-state index >= 15 is 0 Å². The number of nitrogens with one attached hydrogen (secondary N) is 1. The van der Waals surface area contributed by atoms with Crippen molar-refractivity contribution < 1.29 is 4.79 Å². The smallest absolute Gasteiger partial charge is 0.238 e. The molecule has 1 N–H and O–H groups in total. The lowest BCUT2D eigenvalue weighted by molar-refractivity contribution is -0.117. The molecule has 0 unspecified atom stereocenters. The van der Waals surface area contributed by atoms with E-state index in [0.717, 1.165) is 16.8 Å². The Morgan fingerprint density at radius 1 is 0.964 bits per heavy atom. The maximum absolute atomic E-state index is 12.5. The van der Waals surface area contributed by atoms with Crippen LogP contribution in [0, 0.1) is 36.5 Å². The predicted molar refractivity (Wildman–Crippen MR) is 109 cm³/mol. The second-order valence-electron chi connectivity index (χ2n) is 7.00. The Hall–Kier alpha value is -3.35. The van der Waals surface area contributed by atoms with Gasteiger partial charge in [0.25, 0.3) is 0 Å². The molecule has 6 heteroatoms. The summed E-state index contributed by atoms with van der Waals surface area (Å²) >= 11 is 0. The molecule has 1 heterocycles. The van der Waals surface area contributed by atoms with Gasteiger partial charge in [0, 0.05) is 31.9 Å². The molecule has 28 heavy (non-hydrogen) atoms. The van der Waals surface area contributed by atoms with Gasteiger partial charge < -0.3 is 10.2 Å². The summed E-state index contributed by atoms with van der Waals surface area (Å²) < 4.78 is 0. The zero-order valence-electron chi connectivity index (χ0n) is 16.2. The van der Waals surface area contributed by atoms with Crippen molar-refractivity contribution in [1.29, 1.82) is 10.5 Å². The van der Waals surface area contributed by atoms with E-state index in [0.29, 0.717) is 49.5 Å². The van der Waals surface area contributed by atoms with Gasteiger partial charge in [-0.1, -0.05) is 24.3 Å². The van der Waals surface area contributed by atoms with Crippen LogP contribution < -0.4 is 10.2 Å². The second kappa shape index (κ2) is 8.56. The maximum atomic E-state index is 12.5. The van der Waals surface area contributed by atoms with Crippen LogP contribution in [-0.4, -0.2) is 43.5 Å². The number of hydrogen-bond donors (Lipinski definition) is 1. The van der Waals surface area contributed by atoms with Crippen molar-refractivity contribution in [2.45, 2.75) is 13.8 Å². The molecular weight excluding hydrogens is 350 g/mol. The summed E-state index contributed by atoms with van der Waals surface area (Å²) in [5, 5.41) is 21.8. The van der Waals surface area contributed by atoms with Crippen LogP contribution in [0.25, 0.3) is 0 Å². The summed E-state index contributed by atoms with van der Waals surface area (Å²) in [6.07, 6.45) is 0. The van der Waals surface area contributed by atoms with E-state index in [-0.39, 0.29) is 5.91 Å². The SMILES string of the molecule is Cc1cccc(C)c1NC(=O)CN1CCN(c2c(C#N)cccc2C#N)CC1. The first kappa shape index (κ1) is 19.4. The average Bonchev–Trinajstić information content (AvgIpc) is 2.71. The summed E-state index contributed by atoms with van der Waals surface area (Å²) in [6.45, 7) is 7.04. The Labute approximate surface area is 165 Å². The molecule has 1 aliphatic rings. The maximum Gasteiger partial charge on any atom is 0.238 e. The quantitative estimate of drug-likeness (QED) is 0.891. The van der Waals surface area contributed by atoms with Crippen molar-refractivity contribution in [1.82, 2.24) is 4.90 Å². The third-order valence-corrected chi connectivity index (χ3v) is 5.08. The highest BCUT2D eigenvalue weighted by Gasteiger charge is 2.23. The lowest BCUT2D eigenvalue weighted by atomic mass is 10.1. The van der Waals surface area contributed by atoms with Crippen LogP contribution in [-0.2, 0) is 4.79 Å². The molecule has 1 amide bonds. The molecule has 1 saturated heterocycles. The Bertz CT molecular complexity index is 909. The molecular formula is C22H23N5O. The number of rotatable bonds is 4. The van der Waals surface area contributed by atoms with Gasteiger partial charge in [0.1, 0.15) is 12.1 Å². The van der Waals surface area contributed by atoms with E-state index in [1.54, 1.807) is 18.2 Å². The van der Waals surface area contributed by atoms with Crippen LogP contribution >= 0.6 is 0 Å². The third kappa shape index (κ3) is 4.14. The van der Waals surface area contributed by atoms with Crippen LogP contribution in [0.4, 0.5) is 11.4 Å². The van der Waals surface area contributed by atoms with Gasteiger partial charge in [0.15, 0.2) is 0 Å². The van der Waals surface area contributed by atoms with Gasteiger partial charge in [-0.15, -0.1) is 0 Å². The van der Waals surface area contributed by atoms with Crippen molar-refractivity contribution in [3.05, 3.63) is 58.7 Å². The van der Waals surface area contributed by atoms with Crippen molar-refractivity contribution >= 4 is 17.3 Å². The lowest BCUT2D eigenvalue weighted by Crippen LogP contribution is -2.49. The summed E-state index contributed by atoms with van der Waals surface area (Å²) in [4.78, 5) is 16.6. The van der Waals surface area contributed by atoms with Crippen LogP contribution in [0.2, 0.25) is 0 Å². The number of para-hydroxylation sites is 2. The molecule has 1 aliphatic heterocycles. The second-order valence-corrected chi connectivity index (χ2v) is 7.00. The minimum absolute atomic E-state index is 0.0269. The fourth-order valence-electron chi connectivity index (χ4n) is 3.59. The van der Waals surface area contributed by atoms with Gasteiger partial charge in [-0.05, 0) is 37.1 Å². The van der Waals surface area contributed by atoms with E-state index in [4.69, 9.17) is 0 Å². The van der Waals surface area contributed by atoms with E-state index < -0.39 is 0 Å². The monoisotopic (exact) mass is 373 g/mol. The number of anilines is 2. The van der Waals surface area contributed by atoms with Crippen LogP contribution in [0.3, 0.4) is 0 Å². The van der Waals surface area contributed by atoms with Crippen molar-refractivity contribution in [2.75, 3.05) is 42.9 Å².